The van der Waals surface area contributed by atoms with Crippen LogP contribution in [0.1, 0.15) is 16.1 Å². The molecule has 0 radical (unpaired) electrons. The molecule has 1 fully saturated rings. The van der Waals surface area contributed by atoms with Gasteiger partial charge in [0.05, 0.1) is 24.0 Å². The van der Waals surface area contributed by atoms with E-state index in [-0.39, 0.29) is 19.0 Å². The Bertz CT molecular complexity index is 632. The fourth-order valence-electron chi connectivity index (χ4n) is 2.28. The average molecular weight is 264 g/mol. The van der Waals surface area contributed by atoms with Gasteiger partial charge < -0.3 is 10.0 Å². The number of alkyl halides is 1. The van der Waals surface area contributed by atoms with E-state index in [4.69, 9.17) is 0 Å². The van der Waals surface area contributed by atoms with E-state index in [9.17, 15) is 14.3 Å². The summed E-state index contributed by atoms with van der Waals surface area (Å²) in [6.07, 6.45) is 0.573. The standard InChI is InChI=1S/C12H13FN4O2/c1-7-8(4-14-11-2-3-15-17(7)11)12(19)16-5-9(13)10(18)6-16/h2-4,9-10,18H,5-6H2,1H3/t9-,10-/m1/s1. The SMILES string of the molecule is Cc1c(C(=O)N2C[C@@H](O)[C@H](F)C2)cnc2ccnn12. The summed E-state index contributed by atoms with van der Waals surface area (Å²) in [4.78, 5) is 17.7. The smallest absolute Gasteiger partial charge is 0.257 e. The molecule has 2 atom stereocenters. The lowest BCUT2D eigenvalue weighted by molar-refractivity contribution is 0.0762. The molecule has 1 saturated heterocycles. The van der Waals surface area contributed by atoms with Gasteiger partial charge in [0.15, 0.2) is 5.65 Å². The summed E-state index contributed by atoms with van der Waals surface area (Å²) in [5.74, 6) is -0.332. The first-order valence-electron chi connectivity index (χ1n) is 5.98. The van der Waals surface area contributed by atoms with Crippen molar-refractivity contribution in [1.29, 1.82) is 0 Å². The van der Waals surface area contributed by atoms with E-state index < -0.39 is 12.3 Å². The van der Waals surface area contributed by atoms with Crippen LogP contribution in [0.4, 0.5) is 4.39 Å². The number of β-amino-alcohol motifs (C(OH)–C–C–N with tert-alkyl or cyclic N) is 1. The summed E-state index contributed by atoms with van der Waals surface area (Å²) >= 11 is 0. The number of fused-ring (bicyclic) bond motifs is 1. The fourth-order valence-corrected chi connectivity index (χ4v) is 2.28. The van der Waals surface area contributed by atoms with Gasteiger partial charge in [0.2, 0.25) is 0 Å². The molecule has 0 bridgehead atoms. The Balaban J connectivity index is 1.96. The molecular formula is C12H13FN4O2. The topological polar surface area (TPSA) is 70.7 Å². The van der Waals surface area contributed by atoms with E-state index in [1.54, 1.807) is 23.7 Å². The number of aliphatic hydroxyl groups is 1. The van der Waals surface area contributed by atoms with Crippen LogP contribution < -0.4 is 0 Å². The zero-order valence-electron chi connectivity index (χ0n) is 10.3. The first-order valence-corrected chi connectivity index (χ1v) is 5.98. The lowest BCUT2D eigenvalue weighted by Crippen LogP contribution is -2.30. The third-order valence-corrected chi connectivity index (χ3v) is 3.39. The van der Waals surface area contributed by atoms with Crippen molar-refractivity contribution in [3.63, 3.8) is 0 Å². The third kappa shape index (κ3) is 1.86. The first kappa shape index (κ1) is 12.0. The molecule has 100 valence electrons. The Morgan fingerprint density at radius 3 is 3.00 bits per heavy atom. The van der Waals surface area contributed by atoms with Crippen LogP contribution in [0, 0.1) is 6.92 Å². The number of halogens is 1. The maximum atomic E-state index is 13.3. The van der Waals surface area contributed by atoms with Crippen molar-refractivity contribution in [3.8, 4) is 0 Å². The number of carbonyl (C=O) groups excluding carboxylic acids is 1. The van der Waals surface area contributed by atoms with Gasteiger partial charge in [-0.3, -0.25) is 4.79 Å². The van der Waals surface area contributed by atoms with Crippen LogP contribution in [0.3, 0.4) is 0 Å². The molecule has 7 heteroatoms. The number of carbonyl (C=O) groups is 1. The van der Waals surface area contributed by atoms with Crippen LogP contribution in [0.15, 0.2) is 18.5 Å². The van der Waals surface area contributed by atoms with Gasteiger partial charge in [-0.25, -0.2) is 13.9 Å². The molecule has 1 aliphatic heterocycles. The Labute approximate surface area is 108 Å². The summed E-state index contributed by atoms with van der Waals surface area (Å²) in [7, 11) is 0. The monoisotopic (exact) mass is 264 g/mol. The molecule has 3 rings (SSSR count). The average Bonchev–Trinajstić information content (AvgIpc) is 2.97. The Morgan fingerprint density at radius 2 is 2.32 bits per heavy atom. The molecule has 2 aromatic rings. The lowest BCUT2D eigenvalue weighted by atomic mass is 10.2. The molecule has 2 aromatic heterocycles. The quantitative estimate of drug-likeness (QED) is 0.798. The first-order chi connectivity index (χ1) is 9.08. The highest BCUT2D eigenvalue weighted by atomic mass is 19.1. The minimum Gasteiger partial charge on any atom is -0.388 e. The second-order valence-electron chi connectivity index (χ2n) is 4.65. The van der Waals surface area contributed by atoms with Crippen molar-refractivity contribution in [3.05, 3.63) is 29.7 Å². The van der Waals surface area contributed by atoms with Crippen molar-refractivity contribution < 1.29 is 14.3 Å². The zero-order valence-corrected chi connectivity index (χ0v) is 10.3. The number of nitrogens with zero attached hydrogens (tertiary/aromatic N) is 4. The number of aromatic nitrogens is 3. The van der Waals surface area contributed by atoms with Gasteiger partial charge in [0.25, 0.3) is 5.91 Å². The van der Waals surface area contributed by atoms with E-state index in [1.807, 2.05) is 0 Å². The highest BCUT2D eigenvalue weighted by Crippen LogP contribution is 2.18. The minimum atomic E-state index is -1.38. The number of aryl methyl sites for hydroxylation is 1. The molecule has 1 aliphatic rings. The Morgan fingerprint density at radius 1 is 1.53 bits per heavy atom. The molecular weight excluding hydrogens is 251 g/mol. The molecule has 1 N–H and O–H groups in total. The van der Waals surface area contributed by atoms with Crippen LogP contribution >= 0.6 is 0 Å². The van der Waals surface area contributed by atoms with E-state index in [1.165, 1.54) is 11.1 Å². The van der Waals surface area contributed by atoms with E-state index in [2.05, 4.69) is 10.1 Å². The predicted molar refractivity (Wildman–Crippen MR) is 64.5 cm³/mol. The van der Waals surface area contributed by atoms with Crippen LogP contribution in [0.5, 0.6) is 0 Å². The van der Waals surface area contributed by atoms with Crippen molar-refractivity contribution in [2.45, 2.75) is 19.2 Å². The van der Waals surface area contributed by atoms with E-state index in [0.717, 1.165) is 0 Å². The number of amides is 1. The van der Waals surface area contributed by atoms with Crippen molar-refractivity contribution in [2.24, 2.45) is 0 Å². The third-order valence-electron chi connectivity index (χ3n) is 3.39. The van der Waals surface area contributed by atoms with Crippen LogP contribution in [0.2, 0.25) is 0 Å². The zero-order chi connectivity index (χ0) is 13.6. The maximum Gasteiger partial charge on any atom is 0.257 e. The fraction of sp³-hybridized carbons (Fsp3) is 0.417. The second-order valence-corrected chi connectivity index (χ2v) is 4.65. The van der Waals surface area contributed by atoms with Gasteiger partial charge in [-0.2, -0.15) is 5.10 Å². The van der Waals surface area contributed by atoms with Crippen LogP contribution in [0.25, 0.3) is 5.65 Å². The molecule has 3 heterocycles. The van der Waals surface area contributed by atoms with Crippen molar-refractivity contribution >= 4 is 11.6 Å². The second kappa shape index (κ2) is 4.27. The highest BCUT2D eigenvalue weighted by Gasteiger charge is 2.35. The highest BCUT2D eigenvalue weighted by molar-refractivity contribution is 5.95. The van der Waals surface area contributed by atoms with Crippen LogP contribution in [-0.4, -0.2) is 55.9 Å². The molecule has 0 unspecified atom stereocenters. The molecule has 0 spiro atoms. The Kier molecular flexibility index (Phi) is 2.70. The normalized spacial score (nSPS) is 23.2. The van der Waals surface area contributed by atoms with Gasteiger partial charge in [-0.1, -0.05) is 0 Å². The van der Waals surface area contributed by atoms with Crippen molar-refractivity contribution in [1.82, 2.24) is 19.5 Å². The largest absolute Gasteiger partial charge is 0.388 e. The molecule has 0 aromatic carbocycles. The lowest BCUT2D eigenvalue weighted by Gasteiger charge is -2.16. The maximum absolute atomic E-state index is 13.3. The summed E-state index contributed by atoms with van der Waals surface area (Å²) in [5.41, 5.74) is 1.67. The number of rotatable bonds is 1. The number of hydrogen-bond acceptors (Lipinski definition) is 4. The summed E-state index contributed by atoms with van der Waals surface area (Å²) in [6, 6.07) is 1.73. The van der Waals surface area contributed by atoms with Crippen molar-refractivity contribution in [2.75, 3.05) is 13.1 Å². The van der Waals surface area contributed by atoms with Gasteiger partial charge in [0, 0.05) is 18.8 Å². The minimum absolute atomic E-state index is 0.0105. The number of likely N-dealkylation sites (tertiary alicyclic amines) is 1. The molecule has 1 amide bonds. The number of aliphatic hydroxyl groups excluding tert-OH is 1. The van der Waals surface area contributed by atoms with Gasteiger partial charge in [-0.15, -0.1) is 0 Å². The van der Waals surface area contributed by atoms with Gasteiger partial charge in [-0.05, 0) is 6.92 Å². The molecule has 0 saturated carbocycles. The van der Waals surface area contributed by atoms with Crippen LogP contribution in [-0.2, 0) is 0 Å². The molecule has 0 aliphatic carbocycles. The van der Waals surface area contributed by atoms with E-state index in [0.29, 0.717) is 16.9 Å². The summed E-state index contributed by atoms with van der Waals surface area (Å²) in [5, 5.41) is 13.4. The van der Waals surface area contributed by atoms with Gasteiger partial charge >= 0.3 is 0 Å². The van der Waals surface area contributed by atoms with E-state index >= 15 is 0 Å². The number of hydrogen-bond donors (Lipinski definition) is 1. The molecule has 19 heavy (non-hydrogen) atoms. The summed E-state index contributed by atoms with van der Waals surface area (Å²) in [6.45, 7) is 1.68. The Hall–Kier alpha value is -2.02. The molecule has 6 nitrogen and oxygen atoms in total. The predicted octanol–water partition coefficient (Wildman–Crippen LogP) is 0.193. The van der Waals surface area contributed by atoms with Gasteiger partial charge in [0.1, 0.15) is 12.3 Å². The summed E-state index contributed by atoms with van der Waals surface area (Å²) < 4.78 is 14.8.